The molecule has 8 nitrogen and oxygen atoms in total. The van der Waals surface area contributed by atoms with Gasteiger partial charge in [0.05, 0.1) is 55.7 Å². The second-order valence-electron chi connectivity index (χ2n) is 40.8. The standard InChI is InChI=1S/C66H59B2NO4.C54H35Br2N.C9H19BO2/c1-63(2)64(3,4)71-67(70-63)50-36-40-55-53(42-50)54-43-51(68-72-65(5,6)66(7,8)73-68)37-41-56(54)69(55)52-38-34-49(35-39-52)62-60(47-30-20-12-21-31-47)58(45-26-16-10-17-27-45)57(44-24-14-9-15-25-44)59(46-28-18-11-19-29-46)61(62)48-32-22-13-23-33-48;55-42-28-32-47-45(34-42)46-35-43(56)29-33-48(46)57(47)44-30-26-41(27-31-44)54-52(39-22-12-4-13-23-39)50(37-18-8-2-9-19-37)49(36-16-6-1-7-17-36)51(38-20-10-3-11-21-38)53(54)40-24-14-5-15-25-40;1-7(2)10-11-8(3,4)9(5,6)12-10/h9-43H,1-8H3;1-35H;7H,1-6H3. The Morgan fingerprint density at radius 2 is 0.366 bits per heavy atom. The van der Waals surface area contributed by atoms with Crippen LogP contribution in [0.1, 0.15) is 96.9 Å². The highest BCUT2D eigenvalue weighted by Gasteiger charge is 2.54. The molecule has 5 heterocycles. The summed E-state index contributed by atoms with van der Waals surface area (Å²) < 4.78 is 45.0. The van der Waals surface area contributed by atoms with Crippen molar-refractivity contribution < 1.29 is 27.9 Å². The van der Waals surface area contributed by atoms with Gasteiger partial charge in [-0.1, -0.05) is 398 Å². The lowest BCUT2D eigenvalue weighted by Crippen LogP contribution is -2.41. The average molecular weight is 1980 g/mol. The van der Waals surface area contributed by atoms with Gasteiger partial charge in [-0.25, -0.2) is 0 Å². The lowest BCUT2D eigenvalue weighted by molar-refractivity contribution is 0.00578. The molecule has 0 atom stereocenters. The Bertz CT molecular complexity index is 7620. The molecule has 23 rings (SSSR count). The van der Waals surface area contributed by atoms with Crippen LogP contribution in [0.15, 0.2) is 434 Å². The highest BCUT2D eigenvalue weighted by atomic mass is 79.9. The summed E-state index contributed by atoms with van der Waals surface area (Å²) in [6, 6.07) is 154. The summed E-state index contributed by atoms with van der Waals surface area (Å²) in [5, 5.41) is 4.61. The number of rotatable bonds is 17. The Kier molecular flexibility index (Phi) is 25.6. The predicted molar refractivity (Wildman–Crippen MR) is 605 cm³/mol. The molecular formula is C129H113B3Br2N2O6. The fraction of sp³-hybridized carbons (Fsp3) is 0.163. The summed E-state index contributed by atoms with van der Waals surface area (Å²) in [5.74, 6) is 0.422. The molecule has 18 aromatic carbocycles. The van der Waals surface area contributed by atoms with Crippen LogP contribution in [0.3, 0.4) is 0 Å². The van der Waals surface area contributed by atoms with Gasteiger partial charge >= 0.3 is 21.4 Å². The van der Waals surface area contributed by atoms with Crippen LogP contribution in [0.2, 0.25) is 5.82 Å². The zero-order chi connectivity index (χ0) is 98.1. The van der Waals surface area contributed by atoms with E-state index in [0.29, 0.717) is 5.82 Å². The van der Waals surface area contributed by atoms with Crippen molar-refractivity contribution in [1.29, 1.82) is 0 Å². The van der Waals surface area contributed by atoms with Gasteiger partial charge in [0.1, 0.15) is 0 Å². The third kappa shape index (κ3) is 17.7. The van der Waals surface area contributed by atoms with Gasteiger partial charge in [-0.05, 0) is 306 Å². The molecular weight excluding hydrogens is 1870 g/mol. The van der Waals surface area contributed by atoms with Crippen LogP contribution in [-0.2, 0) is 27.9 Å². The first-order chi connectivity index (χ1) is 68.6. The first kappa shape index (κ1) is 94.7. The third-order valence-corrected chi connectivity index (χ3v) is 30.8. The van der Waals surface area contributed by atoms with E-state index >= 15 is 0 Å². The normalized spacial score (nSPS) is 15.4. The number of halogens is 2. The maximum atomic E-state index is 6.63. The first-order valence-electron chi connectivity index (χ1n) is 49.4. The van der Waals surface area contributed by atoms with E-state index in [1.807, 2.05) is 0 Å². The topological polar surface area (TPSA) is 65.2 Å². The Morgan fingerprint density at radius 1 is 0.197 bits per heavy atom. The molecule has 3 aliphatic rings. The van der Waals surface area contributed by atoms with Crippen molar-refractivity contribution in [3.8, 4) is 145 Å². The summed E-state index contributed by atoms with van der Waals surface area (Å²) in [6.45, 7) is 29.4. The van der Waals surface area contributed by atoms with Crippen LogP contribution in [0, 0.1) is 0 Å². The van der Waals surface area contributed by atoms with Gasteiger partial charge in [-0.15, -0.1) is 0 Å². The second kappa shape index (κ2) is 38.4. The van der Waals surface area contributed by atoms with E-state index in [2.05, 4.69) is 563 Å². The van der Waals surface area contributed by atoms with Crippen molar-refractivity contribution >= 4 is 108 Å². The molecule has 142 heavy (non-hydrogen) atoms. The Labute approximate surface area is 853 Å². The monoisotopic (exact) mass is 1980 g/mol. The minimum absolute atomic E-state index is 0.0463. The maximum absolute atomic E-state index is 6.63. The van der Waals surface area contributed by atoms with Crippen LogP contribution in [-0.4, -0.2) is 64.1 Å². The van der Waals surface area contributed by atoms with Gasteiger partial charge in [0.15, 0.2) is 0 Å². The lowest BCUT2D eigenvalue weighted by Gasteiger charge is -2.32. The zero-order valence-electron chi connectivity index (χ0n) is 82.8. The van der Waals surface area contributed by atoms with Gasteiger partial charge in [0, 0.05) is 41.9 Å². The number of hydrogen-bond donors (Lipinski definition) is 0. The number of benzene rings is 18. The molecule has 0 spiro atoms. The van der Waals surface area contributed by atoms with Crippen molar-refractivity contribution in [2.24, 2.45) is 0 Å². The van der Waals surface area contributed by atoms with E-state index in [9.17, 15) is 0 Å². The fourth-order valence-electron chi connectivity index (χ4n) is 20.6. The van der Waals surface area contributed by atoms with Crippen molar-refractivity contribution in [2.45, 2.75) is 136 Å². The SMILES string of the molecule is Brc1ccc2c(c1)c1cc(Br)ccc1n2-c1ccc(-c2c(-c3ccccc3)c(-c3ccccc3)c(-c3ccccc3)c(-c3ccccc3)c2-c2ccccc2)cc1.CC(C)B1OC(C)(C)C(C)(C)O1.CC1(C)OB(c2ccc3c(c2)c2cc(B4OC(C)(C)C(C)(C)O4)ccc2n3-c2ccc(-c3c(-c4ccccc4)c(-c4ccccc4)c(-c4ccccc4)c(-c4ccccc4)c3-c3ccccc3)cc2)OC1(C)C. The minimum atomic E-state index is -0.509. The molecule has 0 amide bonds. The first-order valence-corrected chi connectivity index (χ1v) is 51.0. The van der Waals surface area contributed by atoms with Crippen LogP contribution in [0.4, 0.5) is 0 Å². The lowest BCUT2D eigenvalue weighted by atomic mass is 9.74. The highest BCUT2D eigenvalue weighted by molar-refractivity contribution is 9.10. The second-order valence-corrected chi connectivity index (χ2v) is 42.7. The third-order valence-electron chi connectivity index (χ3n) is 29.8. The molecule has 20 aromatic rings. The maximum Gasteiger partial charge on any atom is 0.494 e. The van der Waals surface area contributed by atoms with E-state index in [1.54, 1.807) is 0 Å². The van der Waals surface area contributed by atoms with Gasteiger partial charge in [-0.2, -0.15) is 0 Å². The van der Waals surface area contributed by atoms with Gasteiger partial charge in [-0.3, -0.25) is 0 Å². The van der Waals surface area contributed by atoms with Crippen LogP contribution in [0.5, 0.6) is 0 Å². The number of hydrogen-bond acceptors (Lipinski definition) is 6. The van der Waals surface area contributed by atoms with Crippen molar-refractivity contribution in [1.82, 2.24) is 9.13 Å². The molecule has 3 saturated heterocycles. The molecule has 2 aromatic heterocycles. The summed E-state index contributed by atoms with van der Waals surface area (Å²) in [6.07, 6.45) is 0. The smallest absolute Gasteiger partial charge is 0.403 e. The molecule has 0 aliphatic carbocycles. The zero-order valence-corrected chi connectivity index (χ0v) is 86.0. The van der Waals surface area contributed by atoms with E-state index in [0.717, 1.165) is 92.0 Å². The Balaban J connectivity index is 0.000000154. The molecule has 0 unspecified atom stereocenters. The molecule has 3 aliphatic heterocycles. The average Bonchev–Trinajstić information content (AvgIpc) is 1.18. The summed E-state index contributed by atoms with van der Waals surface area (Å²) >= 11 is 7.47. The van der Waals surface area contributed by atoms with Crippen molar-refractivity contribution in [3.63, 3.8) is 0 Å². The molecule has 0 bridgehead atoms. The predicted octanol–water partition coefficient (Wildman–Crippen LogP) is 34.2. The van der Waals surface area contributed by atoms with E-state index in [-0.39, 0.29) is 18.3 Å². The molecule has 0 N–H and O–H groups in total. The highest BCUT2D eigenvalue weighted by Crippen LogP contribution is 2.59. The van der Waals surface area contributed by atoms with Crippen LogP contribution in [0.25, 0.3) is 189 Å². The minimum Gasteiger partial charge on any atom is -0.403 e. The van der Waals surface area contributed by atoms with E-state index in [4.69, 9.17) is 27.9 Å². The molecule has 698 valence electrons. The molecule has 0 saturated carbocycles. The van der Waals surface area contributed by atoms with Gasteiger partial charge in [0.25, 0.3) is 0 Å². The van der Waals surface area contributed by atoms with E-state index < -0.39 is 36.6 Å². The quantitative estimate of drug-likeness (QED) is 0.0847. The molecule has 13 heteroatoms. The van der Waals surface area contributed by atoms with Crippen molar-refractivity contribution in [2.75, 3.05) is 0 Å². The number of aromatic nitrogens is 2. The van der Waals surface area contributed by atoms with Gasteiger partial charge in [0.2, 0.25) is 0 Å². The molecule has 0 radical (unpaired) electrons. The number of fused-ring (bicyclic) bond motifs is 6. The summed E-state index contributed by atoms with van der Waals surface area (Å²) in [4.78, 5) is 0. The summed E-state index contributed by atoms with van der Waals surface area (Å²) in [5.41, 5.74) is 34.6. The van der Waals surface area contributed by atoms with Crippen molar-refractivity contribution in [3.05, 3.63) is 434 Å². The molecule has 3 fully saturated rings. The fourth-order valence-corrected chi connectivity index (χ4v) is 21.3. The summed E-state index contributed by atoms with van der Waals surface area (Å²) in [7, 11) is -1.06. The van der Waals surface area contributed by atoms with E-state index in [1.165, 1.54) is 116 Å². The van der Waals surface area contributed by atoms with Gasteiger partial charge < -0.3 is 37.1 Å². The number of nitrogens with zero attached hydrogens (tertiary/aromatic N) is 2. The van der Waals surface area contributed by atoms with Crippen LogP contribution >= 0.6 is 31.9 Å². The Hall–Kier alpha value is -13.5. The van der Waals surface area contributed by atoms with Crippen LogP contribution < -0.4 is 10.9 Å². The largest absolute Gasteiger partial charge is 0.494 e. The Morgan fingerprint density at radius 3 is 0.549 bits per heavy atom.